The van der Waals surface area contributed by atoms with E-state index >= 15 is 0 Å². The summed E-state index contributed by atoms with van der Waals surface area (Å²) in [5.74, 6) is 0. The van der Waals surface area contributed by atoms with Crippen LogP contribution in [-0.4, -0.2) is 0 Å². The van der Waals surface area contributed by atoms with Gasteiger partial charge >= 0.3 is 0 Å². The van der Waals surface area contributed by atoms with E-state index in [0.29, 0.717) is 0 Å². The lowest BCUT2D eigenvalue weighted by Gasteiger charge is -2.18. The van der Waals surface area contributed by atoms with Crippen molar-refractivity contribution in [2.45, 2.75) is 23.6 Å². The van der Waals surface area contributed by atoms with Crippen LogP contribution in [0.25, 0.3) is 87.6 Å². The lowest BCUT2D eigenvalue weighted by molar-refractivity contribution is 1.34. The summed E-state index contributed by atoms with van der Waals surface area (Å²) in [4.78, 5) is 2.43. The van der Waals surface area contributed by atoms with Gasteiger partial charge in [0.15, 0.2) is 0 Å². The molecule has 260 valence electrons. The van der Waals surface area contributed by atoms with Crippen LogP contribution in [0.3, 0.4) is 0 Å². The molecule has 0 spiro atoms. The maximum absolute atomic E-state index is 2.40. The van der Waals surface area contributed by atoms with E-state index in [1.807, 2.05) is 11.8 Å². The summed E-state index contributed by atoms with van der Waals surface area (Å²) in [6.45, 7) is 4.57. The predicted molar refractivity (Wildman–Crippen MR) is 238 cm³/mol. The highest BCUT2D eigenvalue weighted by Crippen LogP contribution is 2.44. The first-order valence-corrected chi connectivity index (χ1v) is 19.8. The Balaban J connectivity index is 1.16. The number of rotatable bonds is 6. The van der Waals surface area contributed by atoms with Crippen LogP contribution in [0.1, 0.15) is 11.1 Å². The smallest absolute Gasteiger partial charge is 0.0134 e. The molecule has 0 radical (unpaired) electrons. The van der Waals surface area contributed by atoms with Crippen LogP contribution in [0.4, 0.5) is 0 Å². The molecule has 10 aromatic carbocycles. The van der Waals surface area contributed by atoms with Crippen molar-refractivity contribution in [2.24, 2.45) is 0 Å². The van der Waals surface area contributed by atoms with Crippen LogP contribution in [0, 0.1) is 13.8 Å². The van der Waals surface area contributed by atoms with Crippen LogP contribution < -0.4 is 0 Å². The normalized spacial score (nSPS) is 11.5. The van der Waals surface area contributed by atoms with E-state index in [0.717, 1.165) is 0 Å². The van der Waals surface area contributed by atoms with Gasteiger partial charge in [0.25, 0.3) is 0 Å². The summed E-state index contributed by atoms with van der Waals surface area (Å²) >= 11 is 1.85. The van der Waals surface area contributed by atoms with Crippen LogP contribution in [0.2, 0.25) is 0 Å². The number of fused-ring (bicyclic) bond motifs is 4. The van der Waals surface area contributed by atoms with Crippen molar-refractivity contribution in [3.05, 3.63) is 205 Å². The molecule has 1 heteroatoms. The van der Waals surface area contributed by atoms with Crippen molar-refractivity contribution >= 4 is 54.9 Å². The SMILES string of the molecule is Cc1c(-c2ccc3ccccc3c2)cc(Sc2cc(-c3ccc4ccccc4c3)c(C)c(-c3ccc4ccccc4c3)c2)cc1-c1ccc2ccccc2c1. The highest BCUT2D eigenvalue weighted by atomic mass is 32.2. The molecule has 0 aliphatic rings. The van der Waals surface area contributed by atoms with Gasteiger partial charge in [-0.2, -0.15) is 0 Å². The zero-order valence-corrected chi connectivity index (χ0v) is 31.7. The summed E-state index contributed by atoms with van der Waals surface area (Å²) in [6, 6.07) is 71.7. The van der Waals surface area contributed by atoms with Gasteiger partial charge in [0.2, 0.25) is 0 Å². The van der Waals surface area contributed by atoms with E-state index in [2.05, 4.69) is 208 Å². The van der Waals surface area contributed by atoms with E-state index in [4.69, 9.17) is 0 Å². The van der Waals surface area contributed by atoms with Crippen LogP contribution in [0.15, 0.2) is 204 Å². The Kier molecular flexibility index (Phi) is 8.31. The molecule has 10 aromatic rings. The van der Waals surface area contributed by atoms with Crippen molar-refractivity contribution in [1.29, 1.82) is 0 Å². The fraction of sp³-hybridized carbons (Fsp3) is 0.0370. The fourth-order valence-electron chi connectivity index (χ4n) is 8.26. The Morgan fingerprint density at radius 2 is 0.491 bits per heavy atom. The molecule has 0 N–H and O–H groups in total. The standard InChI is InChI=1S/C54H38S/c1-35-51(45-23-19-37-11-3-7-15-41(37)27-45)31-49(32-52(35)46-24-20-38-12-4-8-16-42(38)28-46)55-50-33-53(47-25-21-39-13-5-9-17-43(39)29-47)36(2)54(34-50)48-26-22-40-14-6-10-18-44(40)30-48/h3-34H,1-2H3. The molecule has 0 saturated carbocycles. The van der Waals surface area contributed by atoms with Gasteiger partial charge in [-0.05, 0) is 161 Å². The predicted octanol–water partition coefficient (Wildman–Crippen LogP) is 15.7. The van der Waals surface area contributed by atoms with E-state index in [1.165, 1.54) is 109 Å². The first kappa shape index (κ1) is 33.2. The fourth-order valence-corrected chi connectivity index (χ4v) is 9.24. The van der Waals surface area contributed by atoms with Crippen molar-refractivity contribution in [3.8, 4) is 44.5 Å². The number of hydrogen-bond donors (Lipinski definition) is 0. The van der Waals surface area contributed by atoms with Gasteiger partial charge in [0.05, 0.1) is 0 Å². The highest BCUT2D eigenvalue weighted by molar-refractivity contribution is 7.99. The van der Waals surface area contributed by atoms with E-state index in [9.17, 15) is 0 Å². The maximum atomic E-state index is 2.40. The van der Waals surface area contributed by atoms with Gasteiger partial charge in [-0.15, -0.1) is 0 Å². The lowest BCUT2D eigenvalue weighted by Crippen LogP contribution is -1.93. The molecule has 0 fully saturated rings. The zero-order valence-electron chi connectivity index (χ0n) is 30.9. The molecule has 0 atom stereocenters. The quantitative estimate of drug-likeness (QED) is 0.165. The zero-order chi connectivity index (χ0) is 36.9. The highest BCUT2D eigenvalue weighted by Gasteiger charge is 2.17. The van der Waals surface area contributed by atoms with Gasteiger partial charge in [-0.25, -0.2) is 0 Å². The third kappa shape index (κ3) is 6.27. The Labute approximate surface area is 326 Å². The second-order valence-electron chi connectivity index (χ2n) is 14.6. The second-order valence-corrected chi connectivity index (χ2v) is 15.8. The van der Waals surface area contributed by atoms with Crippen molar-refractivity contribution < 1.29 is 0 Å². The summed E-state index contributed by atoms with van der Waals surface area (Å²) < 4.78 is 0. The van der Waals surface area contributed by atoms with E-state index < -0.39 is 0 Å². The molecule has 10 rings (SSSR count). The average Bonchev–Trinajstić information content (AvgIpc) is 3.24. The van der Waals surface area contributed by atoms with Crippen LogP contribution >= 0.6 is 11.8 Å². The third-order valence-electron chi connectivity index (χ3n) is 11.2. The van der Waals surface area contributed by atoms with Gasteiger partial charge in [-0.1, -0.05) is 157 Å². The van der Waals surface area contributed by atoms with E-state index in [1.54, 1.807) is 0 Å². The molecule has 0 aliphatic heterocycles. The molecule has 0 aliphatic carbocycles. The summed E-state index contributed by atoms with van der Waals surface area (Å²) in [6.07, 6.45) is 0. The summed E-state index contributed by atoms with van der Waals surface area (Å²) in [7, 11) is 0. The molecule has 0 nitrogen and oxygen atoms in total. The Morgan fingerprint density at radius 3 is 0.745 bits per heavy atom. The maximum Gasteiger partial charge on any atom is 0.0134 e. The van der Waals surface area contributed by atoms with Crippen molar-refractivity contribution in [3.63, 3.8) is 0 Å². The average molecular weight is 719 g/mol. The molecule has 0 bridgehead atoms. The Hall–Kier alpha value is -6.41. The first-order chi connectivity index (χ1) is 27.0. The number of benzene rings is 10. The molecule has 0 aromatic heterocycles. The Bertz CT molecular complexity index is 2680. The van der Waals surface area contributed by atoms with E-state index in [-0.39, 0.29) is 0 Å². The topological polar surface area (TPSA) is 0 Å². The van der Waals surface area contributed by atoms with Crippen LogP contribution in [-0.2, 0) is 0 Å². The first-order valence-electron chi connectivity index (χ1n) is 19.0. The minimum atomic E-state index is 1.22. The summed E-state index contributed by atoms with van der Waals surface area (Å²) in [5, 5.41) is 10.0. The second kappa shape index (κ2) is 13.8. The minimum absolute atomic E-state index is 1.22. The van der Waals surface area contributed by atoms with Gasteiger partial charge in [-0.3, -0.25) is 0 Å². The molecule has 0 heterocycles. The van der Waals surface area contributed by atoms with Gasteiger partial charge in [0, 0.05) is 9.79 Å². The largest absolute Gasteiger partial charge is 0.0900 e. The molecule has 0 amide bonds. The van der Waals surface area contributed by atoms with Gasteiger partial charge in [0.1, 0.15) is 0 Å². The third-order valence-corrected chi connectivity index (χ3v) is 12.2. The monoisotopic (exact) mass is 718 g/mol. The molecular formula is C54H38S. The van der Waals surface area contributed by atoms with Crippen molar-refractivity contribution in [2.75, 3.05) is 0 Å². The number of hydrogen-bond acceptors (Lipinski definition) is 1. The van der Waals surface area contributed by atoms with Gasteiger partial charge < -0.3 is 0 Å². The molecule has 55 heavy (non-hydrogen) atoms. The summed E-state index contributed by atoms with van der Waals surface area (Å²) in [5.41, 5.74) is 12.5. The van der Waals surface area contributed by atoms with Crippen molar-refractivity contribution in [1.82, 2.24) is 0 Å². The van der Waals surface area contributed by atoms with Crippen LogP contribution in [0.5, 0.6) is 0 Å². The lowest BCUT2D eigenvalue weighted by atomic mass is 9.91. The minimum Gasteiger partial charge on any atom is -0.0900 e. The molecule has 0 unspecified atom stereocenters. The molecular weight excluding hydrogens is 681 g/mol. The molecule has 0 saturated heterocycles. The Morgan fingerprint density at radius 1 is 0.255 bits per heavy atom.